The molecule has 67 heavy (non-hydrogen) atoms. The molecule has 8 heteroatoms. The van der Waals surface area contributed by atoms with Gasteiger partial charge in [0.15, 0.2) is 0 Å². The van der Waals surface area contributed by atoms with Gasteiger partial charge in [-0.05, 0) is 45.2 Å². The van der Waals surface area contributed by atoms with Crippen molar-refractivity contribution < 1.29 is 15.3 Å². The van der Waals surface area contributed by atoms with Crippen LogP contribution < -0.4 is 21.3 Å². The molecule has 0 amide bonds. The van der Waals surface area contributed by atoms with Crippen molar-refractivity contribution in [1.82, 2.24) is 26.2 Å². The van der Waals surface area contributed by atoms with Crippen molar-refractivity contribution >= 4 is 0 Å². The summed E-state index contributed by atoms with van der Waals surface area (Å²) in [7, 11) is 0. The molecule has 3 atom stereocenters. The van der Waals surface area contributed by atoms with E-state index in [0.717, 1.165) is 90.9 Å². The lowest BCUT2D eigenvalue weighted by Crippen LogP contribution is -2.42. The van der Waals surface area contributed by atoms with E-state index < -0.39 is 0 Å². The van der Waals surface area contributed by atoms with Gasteiger partial charge in [-0.1, -0.05) is 258 Å². The zero-order chi connectivity index (χ0) is 48.6. The highest BCUT2D eigenvalue weighted by Crippen LogP contribution is 2.17. The average Bonchev–Trinajstić information content (AvgIpc) is 3.32. The van der Waals surface area contributed by atoms with Crippen molar-refractivity contribution in [2.24, 2.45) is 0 Å². The third-order valence-electron chi connectivity index (χ3n) is 14.3. The lowest BCUT2D eigenvalue weighted by molar-refractivity contribution is 0.0610. The number of unbranched alkanes of at least 4 members (excludes halogenated alkanes) is 35. The highest BCUT2D eigenvalue weighted by molar-refractivity contribution is 4.71. The Hall–Kier alpha value is -0.320. The van der Waals surface area contributed by atoms with E-state index in [2.05, 4.69) is 46.9 Å². The summed E-state index contributed by atoms with van der Waals surface area (Å²) in [6, 6.07) is 0. The zero-order valence-electron chi connectivity index (χ0n) is 46.0. The van der Waals surface area contributed by atoms with Gasteiger partial charge in [0.25, 0.3) is 0 Å². The van der Waals surface area contributed by atoms with Gasteiger partial charge in [0.2, 0.25) is 0 Å². The Labute approximate surface area is 420 Å². The molecule has 0 saturated heterocycles. The van der Waals surface area contributed by atoms with Gasteiger partial charge >= 0.3 is 0 Å². The van der Waals surface area contributed by atoms with Gasteiger partial charge in [0.1, 0.15) is 0 Å². The molecule has 0 rings (SSSR count). The third-order valence-corrected chi connectivity index (χ3v) is 14.3. The Kier molecular flexibility index (Phi) is 58.0. The summed E-state index contributed by atoms with van der Waals surface area (Å²) in [5, 5.41) is 46.6. The molecular formula is C59H125N5O3. The molecule has 3 unspecified atom stereocenters. The van der Waals surface area contributed by atoms with Crippen LogP contribution >= 0.6 is 0 Å². The predicted molar refractivity (Wildman–Crippen MR) is 297 cm³/mol. The molecule has 0 spiro atoms. The minimum Gasteiger partial charge on any atom is -0.392 e. The minimum atomic E-state index is -0.312. The summed E-state index contributed by atoms with van der Waals surface area (Å²) in [6.45, 7) is 16.6. The van der Waals surface area contributed by atoms with E-state index in [0.29, 0.717) is 19.6 Å². The Morgan fingerprint density at radius 1 is 0.269 bits per heavy atom. The topological polar surface area (TPSA) is 112 Å². The fourth-order valence-corrected chi connectivity index (χ4v) is 9.71. The normalized spacial score (nSPS) is 13.3. The number of hydrogen-bond donors (Lipinski definition) is 7. The van der Waals surface area contributed by atoms with Crippen molar-refractivity contribution in [3.05, 3.63) is 0 Å². The molecule has 0 bridgehead atoms. The van der Waals surface area contributed by atoms with Crippen molar-refractivity contribution in [3.8, 4) is 0 Å². The molecule has 0 heterocycles. The van der Waals surface area contributed by atoms with Crippen LogP contribution in [0.15, 0.2) is 0 Å². The van der Waals surface area contributed by atoms with Crippen molar-refractivity contribution in [3.63, 3.8) is 0 Å². The molecule has 404 valence electrons. The molecule has 0 aliphatic heterocycles. The SMILES string of the molecule is CCCCCCCCCCCCCCC(O)CNCCNCCCCCNCCNCCN(CC(O)CCCCCCCCCCCCCC)CC(O)CCCCCCCCCCCCCC. The molecule has 0 fully saturated rings. The van der Waals surface area contributed by atoms with E-state index >= 15 is 0 Å². The van der Waals surface area contributed by atoms with Crippen LogP contribution in [0, 0.1) is 0 Å². The van der Waals surface area contributed by atoms with Gasteiger partial charge in [-0.25, -0.2) is 0 Å². The van der Waals surface area contributed by atoms with Gasteiger partial charge in [-0.3, -0.25) is 4.90 Å². The first kappa shape index (κ1) is 66.7. The van der Waals surface area contributed by atoms with E-state index in [1.807, 2.05) is 0 Å². The van der Waals surface area contributed by atoms with Crippen LogP contribution in [0.1, 0.15) is 290 Å². The second kappa shape index (κ2) is 58.3. The maximum atomic E-state index is 11.0. The minimum absolute atomic E-state index is 0.212. The molecular weight excluding hydrogens is 827 g/mol. The molecule has 7 N–H and O–H groups in total. The van der Waals surface area contributed by atoms with Crippen LogP contribution in [0.2, 0.25) is 0 Å². The summed E-state index contributed by atoms with van der Waals surface area (Å²) in [5.74, 6) is 0. The summed E-state index contributed by atoms with van der Waals surface area (Å²) in [6.07, 6.45) is 54.0. The zero-order valence-corrected chi connectivity index (χ0v) is 46.0. The lowest BCUT2D eigenvalue weighted by Gasteiger charge is -2.27. The first-order chi connectivity index (χ1) is 33.0. The highest BCUT2D eigenvalue weighted by Gasteiger charge is 2.16. The number of aliphatic hydroxyl groups excluding tert-OH is 3. The van der Waals surface area contributed by atoms with E-state index in [1.165, 1.54) is 231 Å². The number of nitrogens with one attached hydrogen (secondary N) is 4. The molecule has 0 aromatic heterocycles. The molecule has 0 radical (unpaired) electrons. The largest absolute Gasteiger partial charge is 0.392 e. The lowest BCUT2D eigenvalue weighted by atomic mass is 10.0. The molecule has 8 nitrogen and oxygen atoms in total. The molecule has 0 aromatic carbocycles. The molecule has 0 aliphatic carbocycles. The molecule has 0 saturated carbocycles. The summed E-state index contributed by atoms with van der Waals surface area (Å²) < 4.78 is 0. The Morgan fingerprint density at radius 2 is 0.522 bits per heavy atom. The van der Waals surface area contributed by atoms with Crippen LogP contribution in [-0.4, -0.2) is 111 Å². The maximum absolute atomic E-state index is 11.0. The van der Waals surface area contributed by atoms with E-state index in [-0.39, 0.29) is 18.3 Å². The number of nitrogens with zero attached hydrogens (tertiary/aromatic N) is 1. The summed E-state index contributed by atoms with van der Waals surface area (Å²) in [4.78, 5) is 2.32. The number of rotatable bonds is 60. The standard InChI is InChI=1S/C59H125N5O3/c1-4-7-10-13-16-19-22-25-28-31-34-38-43-57(65)54-63-51-50-61-47-42-37-41-46-60-48-49-62-52-53-64(55-58(66)44-39-35-32-29-26-23-20-17-14-11-8-5-2)56-59(67)45-40-36-33-30-27-24-21-18-15-12-9-6-3/h57-63,65-67H,4-56H2,1-3H3. The van der Waals surface area contributed by atoms with Gasteiger partial charge in [-0.2, -0.15) is 0 Å². The average molecular weight is 953 g/mol. The van der Waals surface area contributed by atoms with Crippen LogP contribution in [0.3, 0.4) is 0 Å². The Morgan fingerprint density at radius 3 is 0.851 bits per heavy atom. The Bertz CT molecular complexity index is 850. The van der Waals surface area contributed by atoms with E-state index in [9.17, 15) is 15.3 Å². The van der Waals surface area contributed by atoms with Crippen LogP contribution in [-0.2, 0) is 0 Å². The first-order valence-electron chi connectivity index (χ1n) is 30.6. The van der Waals surface area contributed by atoms with E-state index in [4.69, 9.17) is 0 Å². The van der Waals surface area contributed by atoms with Crippen LogP contribution in [0.25, 0.3) is 0 Å². The van der Waals surface area contributed by atoms with Gasteiger partial charge in [0, 0.05) is 58.9 Å². The maximum Gasteiger partial charge on any atom is 0.0667 e. The number of hydrogen-bond acceptors (Lipinski definition) is 8. The van der Waals surface area contributed by atoms with Crippen LogP contribution in [0.4, 0.5) is 0 Å². The summed E-state index contributed by atoms with van der Waals surface area (Å²) >= 11 is 0. The predicted octanol–water partition coefficient (Wildman–Crippen LogP) is 14.2. The Balaban J connectivity index is 4.03. The fraction of sp³-hybridized carbons (Fsp3) is 1.00. The monoisotopic (exact) mass is 952 g/mol. The van der Waals surface area contributed by atoms with Gasteiger partial charge in [0.05, 0.1) is 18.3 Å². The second-order valence-electron chi connectivity index (χ2n) is 21.3. The van der Waals surface area contributed by atoms with Crippen molar-refractivity contribution in [1.29, 1.82) is 0 Å². The summed E-state index contributed by atoms with van der Waals surface area (Å²) in [5.41, 5.74) is 0. The van der Waals surface area contributed by atoms with E-state index in [1.54, 1.807) is 0 Å². The fourth-order valence-electron chi connectivity index (χ4n) is 9.71. The van der Waals surface area contributed by atoms with Crippen molar-refractivity contribution in [2.75, 3.05) is 72.0 Å². The second-order valence-corrected chi connectivity index (χ2v) is 21.3. The first-order valence-corrected chi connectivity index (χ1v) is 30.6. The molecule has 0 aliphatic rings. The highest BCUT2D eigenvalue weighted by atomic mass is 16.3. The molecule has 0 aromatic rings. The van der Waals surface area contributed by atoms with Crippen LogP contribution in [0.5, 0.6) is 0 Å². The smallest absolute Gasteiger partial charge is 0.0667 e. The van der Waals surface area contributed by atoms with Gasteiger partial charge in [-0.15, -0.1) is 0 Å². The number of aliphatic hydroxyl groups is 3. The van der Waals surface area contributed by atoms with Gasteiger partial charge < -0.3 is 36.6 Å². The third kappa shape index (κ3) is 56.5. The van der Waals surface area contributed by atoms with Crippen molar-refractivity contribution in [2.45, 2.75) is 309 Å². The quantitative estimate of drug-likeness (QED) is 0.0302.